The quantitative estimate of drug-likeness (QED) is 0.809. The van der Waals surface area contributed by atoms with Crippen LogP contribution >= 0.6 is 0 Å². The van der Waals surface area contributed by atoms with E-state index < -0.39 is 10.0 Å². The molecule has 5 heteroatoms. The molecule has 16 heavy (non-hydrogen) atoms. The molecule has 0 saturated carbocycles. The Kier molecular flexibility index (Phi) is 4.37. The summed E-state index contributed by atoms with van der Waals surface area (Å²) < 4.78 is 26.2. The highest BCUT2D eigenvalue weighted by atomic mass is 32.2. The van der Waals surface area contributed by atoms with Gasteiger partial charge in [-0.25, -0.2) is 12.7 Å². The summed E-state index contributed by atoms with van der Waals surface area (Å²) in [5.41, 5.74) is 0.116. The van der Waals surface area contributed by atoms with E-state index in [0.29, 0.717) is 19.6 Å². The first-order valence-electron chi connectivity index (χ1n) is 5.93. The Morgan fingerprint density at radius 1 is 1.44 bits per heavy atom. The predicted molar refractivity (Wildman–Crippen MR) is 66.9 cm³/mol. The van der Waals surface area contributed by atoms with E-state index in [2.05, 4.69) is 19.2 Å². The number of piperidine rings is 1. The minimum absolute atomic E-state index is 0.116. The van der Waals surface area contributed by atoms with Crippen molar-refractivity contribution in [1.82, 2.24) is 9.62 Å². The lowest BCUT2D eigenvalue weighted by molar-refractivity contribution is 0.186. The Hall–Kier alpha value is -0.130. The molecule has 0 aromatic carbocycles. The van der Waals surface area contributed by atoms with E-state index >= 15 is 0 Å². The van der Waals surface area contributed by atoms with Gasteiger partial charge in [-0.1, -0.05) is 13.8 Å². The van der Waals surface area contributed by atoms with Gasteiger partial charge in [-0.15, -0.1) is 0 Å². The van der Waals surface area contributed by atoms with Crippen molar-refractivity contribution in [3.63, 3.8) is 0 Å². The molecule has 0 radical (unpaired) electrons. The van der Waals surface area contributed by atoms with Crippen molar-refractivity contribution in [3.05, 3.63) is 0 Å². The zero-order chi connectivity index (χ0) is 12.4. The van der Waals surface area contributed by atoms with Crippen LogP contribution in [0.2, 0.25) is 0 Å². The van der Waals surface area contributed by atoms with Gasteiger partial charge in [0.1, 0.15) is 0 Å². The van der Waals surface area contributed by atoms with Crippen molar-refractivity contribution < 1.29 is 8.42 Å². The van der Waals surface area contributed by atoms with Crippen LogP contribution in [0.1, 0.15) is 33.6 Å². The largest absolute Gasteiger partial charge is 0.318 e. The Morgan fingerprint density at radius 3 is 2.56 bits per heavy atom. The van der Waals surface area contributed by atoms with Gasteiger partial charge in [-0.2, -0.15) is 0 Å². The van der Waals surface area contributed by atoms with Crippen LogP contribution in [0.25, 0.3) is 0 Å². The highest BCUT2D eigenvalue weighted by Crippen LogP contribution is 2.30. The molecule has 4 nitrogen and oxygen atoms in total. The molecule has 0 amide bonds. The van der Waals surface area contributed by atoms with Crippen LogP contribution in [-0.4, -0.2) is 44.7 Å². The fourth-order valence-electron chi connectivity index (χ4n) is 2.23. The average Bonchev–Trinajstić information content (AvgIpc) is 2.16. The first-order valence-corrected chi connectivity index (χ1v) is 7.43. The molecule has 1 aliphatic heterocycles. The fourth-order valence-corrected chi connectivity index (χ4v) is 4.03. The van der Waals surface area contributed by atoms with Gasteiger partial charge < -0.3 is 5.32 Å². The van der Waals surface area contributed by atoms with Gasteiger partial charge in [0.25, 0.3) is 0 Å². The van der Waals surface area contributed by atoms with E-state index in [1.807, 2.05) is 0 Å². The first kappa shape index (κ1) is 13.9. The molecule has 1 atom stereocenters. The summed E-state index contributed by atoms with van der Waals surface area (Å²) in [6.45, 7) is 7.89. The topological polar surface area (TPSA) is 49.4 Å². The Labute approximate surface area is 99.5 Å². The van der Waals surface area contributed by atoms with Crippen molar-refractivity contribution in [1.29, 1.82) is 0 Å². The van der Waals surface area contributed by atoms with E-state index in [1.165, 1.54) is 0 Å². The molecule has 0 aromatic heterocycles. The fraction of sp³-hybridized carbons (Fsp3) is 1.00. The summed E-state index contributed by atoms with van der Waals surface area (Å²) in [6, 6.07) is 0. The number of hydrogen-bond donors (Lipinski definition) is 1. The second-order valence-electron chi connectivity index (χ2n) is 5.51. The maximum atomic E-state index is 12.2. The van der Waals surface area contributed by atoms with Crippen LogP contribution in [0.5, 0.6) is 0 Å². The highest BCUT2D eigenvalue weighted by Gasteiger charge is 2.35. The molecule has 1 fully saturated rings. The van der Waals surface area contributed by atoms with Gasteiger partial charge in [-0.3, -0.25) is 0 Å². The Morgan fingerprint density at radius 2 is 2.06 bits per heavy atom. The number of nitrogens with zero attached hydrogens (tertiary/aromatic N) is 1. The van der Waals surface area contributed by atoms with Gasteiger partial charge >= 0.3 is 0 Å². The maximum Gasteiger partial charge on any atom is 0.217 e. The second kappa shape index (κ2) is 5.02. The molecule has 0 spiro atoms. The van der Waals surface area contributed by atoms with Gasteiger partial charge in [0.15, 0.2) is 0 Å². The van der Waals surface area contributed by atoms with Crippen LogP contribution < -0.4 is 5.32 Å². The lowest BCUT2D eigenvalue weighted by Gasteiger charge is -2.38. The van der Waals surface area contributed by atoms with Gasteiger partial charge in [0, 0.05) is 19.6 Å². The normalized spacial score (nSPS) is 24.2. The van der Waals surface area contributed by atoms with Gasteiger partial charge in [-0.05, 0) is 32.2 Å². The van der Waals surface area contributed by atoms with E-state index in [-0.39, 0.29) is 10.7 Å². The van der Waals surface area contributed by atoms with Crippen LogP contribution in [0.4, 0.5) is 0 Å². The molecule has 0 aliphatic carbocycles. The minimum Gasteiger partial charge on any atom is -0.318 e. The van der Waals surface area contributed by atoms with E-state index in [1.54, 1.807) is 18.3 Å². The summed E-state index contributed by atoms with van der Waals surface area (Å²) in [6.07, 6.45) is 2.08. The molecule has 96 valence electrons. The zero-order valence-corrected chi connectivity index (χ0v) is 11.6. The molecule has 0 bridgehead atoms. The molecule has 1 N–H and O–H groups in total. The number of rotatable bonds is 4. The molecule has 1 rings (SSSR count). The third-order valence-corrected chi connectivity index (χ3v) is 5.44. The van der Waals surface area contributed by atoms with Crippen molar-refractivity contribution in [3.8, 4) is 0 Å². The third kappa shape index (κ3) is 3.18. The first-order chi connectivity index (χ1) is 7.29. The van der Waals surface area contributed by atoms with E-state index in [9.17, 15) is 8.42 Å². The van der Waals surface area contributed by atoms with Crippen LogP contribution in [0.3, 0.4) is 0 Å². The molecule has 1 aliphatic rings. The lowest BCUT2D eigenvalue weighted by atomic mass is 9.85. The number of nitrogens with one attached hydrogen (secondary N) is 1. The number of hydrogen-bond acceptors (Lipinski definition) is 3. The summed E-state index contributed by atoms with van der Waals surface area (Å²) in [4.78, 5) is 0. The van der Waals surface area contributed by atoms with Gasteiger partial charge in [0.2, 0.25) is 10.0 Å². The van der Waals surface area contributed by atoms with Crippen molar-refractivity contribution in [2.45, 2.75) is 38.9 Å². The van der Waals surface area contributed by atoms with Crippen molar-refractivity contribution >= 4 is 10.0 Å². The minimum atomic E-state index is -3.12. The lowest BCUT2D eigenvalue weighted by Crippen LogP contribution is -2.48. The zero-order valence-electron chi connectivity index (χ0n) is 10.8. The second-order valence-corrected chi connectivity index (χ2v) is 7.87. The standard InChI is InChI=1S/C11H24N2O2S/c1-10(8-12-4)16(14,15)13-7-5-6-11(2,3)9-13/h10,12H,5-9H2,1-4H3. The molecule has 0 aromatic rings. The van der Waals surface area contributed by atoms with Crippen LogP contribution in [0, 0.1) is 5.41 Å². The maximum absolute atomic E-state index is 12.2. The SMILES string of the molecule is CNCC(C)S(=O)(=O)N1CCCC(C)(C)C1. The average molecular weight is 248 g/mol. The smallest absolute Gasteiger partial charge is 0.217 e. The molecule has 1 saturated heterocycles. The number of sulfonamides is 1. The summed E-state index contributed by atoms with van der Waals surface area (Å²) >= 11 is 0. The van der Waals surface area contributed by atoms with Crippen molar-refractivity contribution in [2.75, 3.05) is 26.7 Å². The third-order valence-electron chi connectivity index (χ3n) is 3.23. The van der Waals surface area contributed by atoms with Crippen LogP contribution in [0.15, 0.2) is 0 Å². The summed E-state index contributed by atoms with van der Waals surface area (Å²) in [5.74, 6) is 0. The van der Waals surface area contributed by atoms with Crippen LogP contribution in [-0.2, 0) is 10.0 Å². The monoisotopic (exact) mass is 248 g/mol. The highest BCUT2D eigenvalue weighted by molar-refractivity contribution is 7.89. The molecule has 1 unspecified atom stereocenters. The summed E-state index contributed by atoms with van der Waals surface area (Å²) in [7, 11) is -1.34. The molecular formula is C11H24N2O2S. The Balaban J connectivity index is 2.76. The predicted octanol–water partition coefficient (Wildman–Crippen LogP) is 1.05. The van der Waals surface area contributed by atoms with E-state index in [4.69, 9.17) is 0 Å². The molecule has 1 heterocycles. The van der Waals surface area contributed by atoms with Gasteiger partial charge in [0.05, 0.1) is 5.25 Å². The Bertz CT molecular complexity index is 325. The summed E-state index contributed by atoms with van der Waals surface area (Å²) in [5, 5.41) is 2.59. The van der Waals surface area contributed by atoms with Crippen molar-refractivity contribution in [2.24, 2.45) is 5.41 Å². The molecular weight excluding hydrogens is 224 g/mol. The van der Waals surface area contributed by atoms with E-state index in [0.717, 1.165) is 12.8 Å².